The Morgan fingerprint density at radius 1 is 1.59 bits per heavy atom. The van der Waals surface area contributed by atoms with Crippen LogP contribution >= 0.6 is 0 Å². The van der Waals surface area contributed by atoms with Crippen LogP contribution in [0.4, 0.5) is 5.82 Å². The zero-order valence-corrected chi connectivity index (χ0v) is 10.4. The van der Waals surface area contributed by atoms with Crippen molar-refractivity contribution in [3.63, 3.8) is 0 Å². The lowest BCUT2D eigenvalue weighted by Gasteiger charge is -2.33. The van der Waals surface area contributed by atoms with Crippen LogP contribution in [-0.2, 0) is 0 Å². The molecule has 0 aliphatic carbocycles. The summed E-state index contributed by atoms with van der Waals surface area (Å²) in [5.41, 5.74) is 1.69. The predicted molar refractivity (Wildman–Crippen MR) is 68.0 cm³/mol. The second-order valence-corrected chi connectivity index (χ2v) is 4.55. The number of piperidine rings is 1. The quantitative estimate of drug-likeness (QED) is 0.835. The largest absolute Gasteiger partial charge is 0.354 e. The first-order chi connectivity index (χ1) is 8.24. The summed E-state index contributed by atoms with van der Waals surface area (Å²) < 4.78 is 0. The van der Waals surface area contributed by atoms with Gasteiger partial charge in [-0.1, -0.05) is 0 Å². The van der Waals surface area contributed by atoms with E-state index in [-0.39, 0.29) is 0 Å². The minimum absolute atomic E-state index is 0.435. The summed E-state index contributed by atoms with van der Waals surface area (Å²) in [4.78, 5) is 6.50. The van der Waals surface area contributed by atoms with Gasteiger partial charge in [0.1, 0.15) is 11.9 Å². The summed E-state index contributed by atoms with van der Waals surface area (Å²) in [6.45, 7) is 4.02. The van der Waals surface area contributed by atoms with Gasteiger partial charge < -0.3 is 10.2 Å². The molecular weight excluding hydrogens is 212 g/mol. The molecule has 0 saturated carbocycles. The summed E-state index contributed by atoms with van der Waals surface area (Å²) in [6, 6.07) is 4.58. The molecule has 0 radical (unpaired) electrons. The SMILES string of the molecule is Cc1ccnc(N(C)C2CCCNC2)c1C#N. The van der Waals surface area contributed by atoms with Crippen LogP contribution in [-0.4, -0.2) is 31.2 Å². The van der Waals surface area contributed by atoms with Gasteiger partial charge in [-0.15, -0.1) is 0 Å². The van der Waals surface area contributed by atoms with Crippen molar-refractivity contribution in [1.82, 2.24) is 10.3 Å². The molecule has 1 N–H and O–H groups in total. The summed E-state index contributed by atoms with van der Waals surface area (Å²) in [6.07, 6.45) is 4.12. The highest BCUT2D eigenvalue weighted by Gasteiger charge is 2.21. The van der Waals surface area contributed by atoms with E-state index in [9.17, 15) is 5.26 Å². The molecule has 1 aromatic rings. The molecule has 1 atom stereocenters. The third-order valence-corrected chi connectivity index (χ3v) is 3.40. The molecule has 17 heavy (non-hydrogen) atoms. The van der Waals surface area contributed by atoms with E-state index in [2.05, 4.69) is 21.3 Å². The average molecular weight is 230 g/mol. The van der Waals surface area contributed by atoms with Crippen LogP contribution in [0, 0.1) is 18.3 Å². The topological polar surface area (TPSA) is 52.0 Å². The Labute approximate surface area is 102 Å². The summed E-state index contributed by atoms with van der Waals surface area (Å²) in [5, 5.41) is 12.6. The van der Waals surface area contributed by atoms with Crippen molar-refractivity contribution in [2.24, 2.45) is 0 Å². The van der Waals surface area contributed by atoms with Gasteiger partial charge in [0, 0.05) is 25.8 Å². The van der Waals surface area contributed by atoms with Crippen LogP contribution in [0.15, 0.2) is 12.3 Å². The minimum Gasteiger partial charge on any atom is -0.354 e. The van der Waals surface area contributed by atoms with E-state index < -0.39 is 0 Å². The first-order valence-corrected chi connectivity index (χ1v) is 6.03. The molecule has 1 saturated heterocycles. The molecule has 4 nitrogen and oxygen atoms in total. The number of nitrogens with one attached hydrogen (secondary N) is 1. The number of hydrogen-bond acceptors (Lipinski definition) is 4. The van der Waals surface area contributed by atoms with Crippen molar-refractivity contribution >= 4 is 5.82 Å². The number of anilines is 1. The molecule has 1 aliphatic heterocycles. The lowest BCUT2D eigenvalue weighted by molar-refractivity contribution is 0.443. The van der Waals surface area contributed by atoms with Crippen molar-refractivity contribution in [2.75, 3.05) is 25.0 Å². The number of rotatable bonds is 2. The van der Waals surface area contributed by atoms with Crippen LogP contribution < -0.4 is 10.2 Å². The van der Waals surface area contributed by atoms with Gasteiger partial charge in [0.2, 0.25) is 0 Å². The highest BCUT2D eigenvalue weighted by atomic mass is 15.2. The first kappa shape index (κ1) is 11.9. The predicted octanol–water partition coefficient (Wildman–Crippen LogP) is 1.45. The van der Waals surface area contributed by atoms with Crippen LogP contribution in [0.25, 0.3) is 0 Å². The fourth-order valence-corrected chi connectivity index (χ4v) is 2.29. The van der Waals surface area contributed by atoms with Crippen LogP contribution in [0.2, 0.25) is 0 Å². The van der Waals surface area contributed by atoms with E-state index in [1.54, 1.807) is 6.20 Å². The Morgan fingerprint density at radius 2 is 2.41 bits per heavy atom. The summed E-state index contributed by atoms with van der Waals surface area (Å²) in [7, 11) is 2.03. The summed E-state index contributed by atoms with van der Waals surface area (Å²) >= 11 is 0. The fourth-order valence-electron chi connectivity index (χ4n) is 2.29. The number of hydrogen-bond donors (Lipinski definition) is 1. The number of likely N-dealkylation sites (N-methyl/N-ethyl adjacent to an activating group) is 1. The molecule has 1 fully saturated rings. The molecule has 0 amide bonds. The van der Waals surface area contributed by atoms with E-state index in [4.69, 9.17) is 0 Å². The number of pyridine rings is 1. The zero-order valence-electron chi connectivity index (χ0n) is 10.4. The van der Waals surface area contributed by atoms with Gasteiger partial charge >= 0.3 is 0 Å². The molecule has 0 aromatic carbocycles. The lowest BCUT2D eigenvalue weighted by Crippen LogP contribution is -2.44. The van der Waals surface area contributed by atoms with Gasteiger partial charge in [0.15, 0.2) is 0 Å². The Hall–Kier alpha value is -1.60. The van der Waals surface area contributed by atoms with E-state index in [1.165, 1.54) is 6.42 Å². The molecule has 4 heteroatoms. The van der Waals surface area contributed by atoms with E-state index in [0.717, 1.165) is 30.9 Å². The molecule has 1 aromatic heterocycles. The zero-order chi connectivity index (χ0) is 12.3. The van der Waals surface area contributed by atoms with Crippen LogP contribution in [0.5, 0.6) is 0 Å². The third kappa shape index (κ3) is 2.40. The first-order valence-electron chi connectivity index (χ1n) is 6.03. The molecule has 90 valence electrons. The van der Waals surface area contributed by atoms with Gasteiger partial charge in [-0.05, 0) is 37.9 Å². The molecule has 1 unspecified atom stereocenters. The van der Waals surface area contributed by atoms with Gasteiger partial charge in [-0.3, -0.25) is 0 Å². The highest BCUT2D eigenvalue weighted by molar-refractivity contribution is 5.57. The van der Waals surface area contributed by atoms with E-state index in [1.807, 2.05) is 20.0 Å². The molecular formula is C13H18N4. The second-order valence-electron chi connectivity index (χ2n) is 4.55. The third-order valence-electron chi connectivity index (χ3n) is 3.40. The lowest BCUT2D eigenvalue weighted by atomic mass is 10.0. The van der Waals surface area contributed by atoms with Crippen molar-refractivity contribution in [2.45, 2.75) is 25.8 Å². The molecule has 2 rings (SSSR count). The van der Waals surface area contributed by atoms with Crippen LogP contribution in [0.1, 0.15) is 24.0 Å². The molecule has 2 heterocycles. The molecule has 0 spiro atoms. The van der Waals surface area contributed by atoms with Crippen molar-refractivity contribution < 1.29 is 0 Å². The molecule has 0 bridgehead atoms. The maximum absolute atomic E-state index is 9.21. The van der Waals surface area contributed by atoms with Gasteiger partial charge in [-0.25, -0.2) is 4.98 Å². The maximum Gasteiger partial charge on any atom is 0.146 e. The number of nitrogens with zero attached hydrogens (tertiary/aromatic N) is 3. The Kier molecular flexibility index (Phi) is 3.60. The normalized spacial score (nSPS) is 19.7. The monoisotopic (exact) mass is 230 g/mol. The Morgan fingerprint density at radius 3 is 3.06 bits per heavy atom. The van der Waals surface area contributed by atoms with Crippen molar-refractivity contribution in [1.29, 1.82) is 5.26 Å². The molecule has 1 aliphatic rings. The van der Waals surface area contributed by atoms with Crippen LogP contribution in [0.3, 0.4) is 0 Å². The maximum atomic E-state index is 9.21. The van der Waals surface area contributed by atoms with Gasteiger partial charge in [0.05, 0.1) is 5.56 Å². The number of aryl methyl sites for hydroxylation is 1. The highest BCUT2D eigenvalue weighted by Crippen LogP contribution is 2.22. The summed E-state index contributed by atoms with van der Waals surface area (Å²) in [5.74, 6) is 0.807. The smallest absolute Gasteiger partial charge is 0.146 e. The fraction of sp³-hybridized carbons (Fsp3) is 0.538. The average Bonchev–Trinajstić information content (AvgIpc) is 2.38. The van der Waals surface area contributed by atoms with Gasteiger partial charge in [-0.2, -0.15) is 5.26 Å². The minimum atomic E-state index is 0.435. The van der Waals surface area contributed by atoms with E-state index in [0.29, 0.717) is 11.6 Å². The Bertz CT molecular complexity index is 430. The van der Waals surface area contributed by atoms with Gasteiger partial charge in [0.25, 0.3) is 0 Å². The second kappa shape index (κ2) is 5.15. The Balaban J connectivity index is 2.27. The van der Waals surface area contributed by atoms with Crippen molar-refractivity contribution in [3.8, 4) is 6.07 Å². The van der Waals surface area contributed by atoms with Crippen molar-refractivity contribution in [3.05, 3.63) is 23.4 Å². The number of nitriles is 1. The van der Waals surface area contributed by atoms with E-state index >= 15 is 0 Å². The standard InChI is InChI=1S/C13H18N4/c1-10-5-7-16-13(12(10)8-14)17(2)11-4-3-6-15-9-11/h5,7,11,15H,3-4,6,9H2,1-2H3. The number of aromatic nitrogens is 1.